The molecular formula is C11H12BrClO2. The van der Waals surface area contributed by atoms with E-state index in [2.05, 4.69) is 15.9 Å². The molecule has 0 N–H and O–H groups in total. The van der Waals surface area contributed by atoms with Crippen LogP contribution in [0.2, 0.25) is 0 Å². The number of unbranched alkanes of at least 4 members (excludes halogenated alkanes) is 1. The molecule has 0 aliphatic rings. The van der Waals surface area contributed by atoms with Crippen LogP contribution in [0, 0.1) is 0 Å². The molecule has 0 aliphatic carbocycles. The number of ether oxygens (including phenoxy) is 1. The average Bonchev–Trinajstić information content (AvgIpc) is 2.26. The molecule has 0 saturated carbocycles. The average molecular weight is 292 g/mol. The monoisotopic (exact) mass is 290 g/mol. The number of benzene rings is 1. The molecule has 1 rings (SSSR count). The summed E-state index contributed by atoms with van der Waals surface area (Å²) in [6.45, 7) is 0.632. The van der Waals surface area contributed by atoms with Gasteiger partial charge in [0.15, 0.2) is 6.29 Å². The summed E-state index contributed by atoms with van der Waals surface area (Å²) in [6.07, 6.45) is 2.67. The molecule has 0 aromatic heterocycles. The highest BCUT2D eigenvalue weighted by Crippen LogP contribution is 2.21. The smallest absolute Gasteiger partial charge is 0.151 e. The normalized spacial score (nSPS) is 10.0. The first kappa shape index (κ1) is 12.5. The molecule has 0 radical (unpaired) electrons. The molecule has 0 aliphatic heterocycles. The molecule has 0 fully saturated rings. The molecule has 4 heteroatoms. The number of aldehydes is 1. The maximum Gasteiger partial charge on any atom is 0.151 e. The molecule has 15 heavy (non-hydrogen) atoms. The lowest BCUT2D eigenvalue weighted by atomic mass is 10.2. The third-order valence-corrected chi connectivity index (χ3v) is 2.88. The van der Waals surface area contributed by atoms with Gasteiger partial charge in [-0.25, -0.2) is 0 Å². The van der Waals surface area contributed by atoms with E-state index in [1.807, 2.05) is 6.07 Å². The zero-order valence-corrected chi connectivity index (χ0v) is 10.6. The number of alkyl halides is 1. The van der Waals surface area contributed by atoms with Gasteiger partial charge in [0, 0.05) is 15.9 Å². The zero-order valence-electron chi connectivity index (χ0n) is 8.21. The van der Waals surface area contributed by atoms with E-state index in [0.717, 1.165) is 29.4 Å². The van der Waals surface area contributed by atoms with Gasteiger partial charge in [0.2, 0.25) is 0 Å². The second kappa shape index (κ2) is 6.85. The van der Waals surface area contributed by atoms with Gasteiger partial charge in [-0.1, -0.05) is 15.9 Å². The highest BCUT2D eigenvalue weighted by atomic mass is 79.9. The fraction of sp³-hybridized carbons (Fsp3) is 0.364. The van der Waals surface area contributed by atoms with Crippen molar-refractivity contribution in [2.75, 3.05) is 12.5 Å². The highest BCUT2D eigenvalue weighted by Gasteiger charge is 2.01. The van der Waals surface area contributed by atoms with Crippen molar-refractivity contribution in [2.45, 2.75) is 12.8 Å². The largest absolute Gasteiger partial charge is 0.494 e. The Hall–Kier alpha value is -0.540. The first-order valence-electron chi connectivity index (χ1n) is 4.71. The second-order valence-electron chi connectivity index (χ2n) is 3.05. The minimum atomic E-state index is 0.602. The molecule has 2 nitrogen and oxygen atoms in total. The minimum Gasteiger partial charge on any atom is -0.494 e. The van der Waals surface area contributed by atoms with Crippen molar-refractivity contribution in [3.8, 4) is 5.75 Å². The van der Waals surface area contributed by atoms with Crippen LogP contribution in [0.5, 0.6) is 5.75 Å². The van der Waals surface area contributed by atoms with Crippen molar-refractivity contribution >= 4 is 33.8 Å². The van der Waals surface area contributed by atoms with Crippen LogP contribution in [0.3, 0.4) is 0 Å². The van der Waals surface area contributed by atoms with E-state index in [9.17, 15) is 4.79 Å². The van der Waals surface area contributed by atoms with Crippen LogP contribution < -0.4 is 4.74 Å². The van der Waals surface area contributed by atoms with Crippen molar-refractivity contribution in [2.24, 2.45) is 0 Å². The van der Waals surface area contributed by atoms with Crippen molar-refractivity contribution in [3.05, 3.63) is 28.2 Å². The number of rotatable bonds is 6. The molecule has 82 valence electrons. The topological polar surface area (TPSA) is 26.3 Å². The summed E-state index contributed by atoms with van der Waals surface area (Å²) in [4.78, 5) is 10.7. The number of hydrogen-bond acceptors (Lipinski definition) is 2. The molecule has 1 aromatic rings. The molecule has 0 bridgehead atoms. The van der Waals surface area contributed by atoms with E-state index in [1.54, 1.807) is 12.1 Å². The molecule has 0 unspecified atom stereocenters. The molecule has 0 atom stereocenters. The van der Waals surface area contributed by atoms with Gasteiger partial charge in [-0.2, -0.15) is 0 Å². The van der Waals surface area contributed by atoms with Crippen LogP contribution in [0.1, 0.15) is 23.2 Å². The Kier molecular flexibility index (Phi) is 5.73. The lowest BCUT2D eigenvalue weighted by Gasteiger charge is -2.06. The Balaban J connectivity index is 2.51. The predicted molar refractivity (Wildman–Crippen MR) is 65.0 cm³/mol. The van der Waals surface area contributed by atoms with Crippen molar-refractivity contribution in [1.82, 2.24) is 0 Å². The number of carbonyl (C=O) groups is 1. The third-order valence-electron chi connectivity index (χ3n) is 1.89. The predicted octanol–water partition coefficient (Wildman–Crippen LogP) is 3.66. The molecule has 0 saturated heterocycles. The van der Waals surface area contributed by atoms with Crippen molar-refractivity contribution < 1.29 is 9.53 Å². The minimum absolute atomic E-state index is 0.602. The van der Waals surface area contributed by atoms with Gasteiger partial charge >= 0.3 is 0 Å². The van der Waals surface area contributed by atoms with Gasteiger partial charge in [0.05, 0.1) is 6.61 Å². The summed E-state index contributed by atoms with van der Waals surface area (Å²) in [7, 11) is 0. The highest BCUT2D eigenvalue weighted by molar-refractivity contribution is 9.10. The number of halogens is 2. The van der Waals surface area contributed by atoms with E-state index in [-0.39, 0.29) is 0 Å². The number of hydrogen-bond donors (Lipinski definition) is 0. The summed E-state index contributed by atoms with van der Waals surface area (Å²) in [6, 6.07) is 5.36. The summed E-state index contributed by atoms with van der Waals surface area (Å²) in [5, 5.41) is 0. The zero-order chi connectivity index (χ0) is 11.1. The summed E-state index contributed by atoms with van der Waals surface area (Å²) in [5.74, 6) is 1.37. The fourth-order valence-electron chi connectivity index (χ4n) is 1.09. The van der Waals surface area contributed by atoms with Crippen LogP contribution in [0.15, 0.2) is 22.7 Å². The molecule has 1 aromatic carbocycles. The van der Waals surface area contributed by atoms with Crippen molar-refractivity contribution in [1.29, 1.82) is 0 Å². The Labute approximate surface area is 103 Å². The molecule has 0 amide bonds. The Bertz CT molecular complexity index is 328. The maximum atomic E-state index is 10.7. The van der Waals surface area contributed by atoms with Gasteiger partial charge in [-0.05, 0) is 31.0 Å². The van der Waals surface area contributed by atoms with Crippen LogP contribution in [0.25, 0.3) is 0 Å². The standard InChI is InChI=1S/C11H12BrClO2/c12-11-4-3-10(7-9(11)8-14)15-6-2-1-5-13/h3-4,7-8H,1-2,5-6H2. The van der Waals surface area contributed by atoms with E-state index in [4.69, 9.17) is 16.3 Å². The SMILES string of the molecule is O=Cc1cc(OCCCCCl)ccc1Br. The lowest BCUT2D eigenvalue weighted by molar-refractivity contribution is 0.112. The summed E-state index contributed by atoms with van der Waals surface area (Å²) in [5.41, 5.74) is 0.602. The van der Waals surface area contributed by atoms with E-state index >= 15 is 0 Å². The maximum absolute atomic E-state index is 10.7. The first-order chi connectivity index (χ1) is 7.27. The summed E-state index contributed by atoms with van der Waals surface area (Å²) >= 11 is 8.82. The van der Waals surface area contributed by atoms with Crippen LogP contribution in [0.4, 0.5) is 0 Å². The van der Waals surface area contributed by atoms with E-state index in [1.165, 1.54) is 0 Å². The van der Waals surface area contributed by atoms with E-state index in [0.29, 0.717) is 18.1 Å². The fourth-order valence-corrected chi connectivity index (χ4v) is 1.62. The van der Waals surface area contributed by atoms with E-state index < -0.39 is 0 Å². The Morgan fingerprint density at radius 3 is 2.87 bits per heavy atom. The van der Waals surface area contributed by atoms with Gasteiger partial charge in [0.25, 0.3) is 0 Å². The summed E-state index contributed by atoms with van der Waals surface area (Å²) < 4.78 is 6.25. The Morgan fingerprint density at radius 1 is 1.40 bits per heavy atom. The lowest BCUT2D eigenvalue weighted by Crippen LogP contribution is -1.98. The third kappa shape index (κ3) is 4.22. The van der Waals surface area contributed by atoms with Crippen LogP contribution >= 0.6 is 27.5 Å². The van der Waals surface area contributed by atoms with Gasteiger partial charge < -0.3 is 4.74 Å². The number of carbonyl (C=O) groups excluding carboxylic acids is 1. The molecule has 0 spiro atoms. The van der Waals surface area contributed by atoms with Crippen LogP contribution in [-0.4, -0.2) is 18.8 Å². The quantitative estimate of drug-likeness (QED) is 0.454. The van der Waals surface area contributed by atoms with Crippen molar-refractivity contribution in [3.63, 3.8) is 0 Å². The van der Waals surface area contributed by atoms with Gasteiger partial charge in [-0.15, -0.1) is 11.6 Å². The van der Waals surface area contributed by atoms with Gasteiger partial charge in [0.1, 0.15) is 5.75 Å². The molecular weight excluding hydrogens is 279 g/mol. The Morgan fingerprint density at radius 2 is 2.20 bits per heavy atom. The second-order valence-corrected chi connectivity index (χ2v) is 4.28. The first-order valence-corrected chi connectivity index (χ1v) is 6.04. The van der Waals surface area contributed by atoms with Crippen LogP contribution in [-0.2, 0) is 0 Å². The molecule has 0 heterocycles. The van der Waals surface area contributed by atoms with Gasteiger partial charge in [-0.3, -0.25) is 4.79 Å².